The molecule has 0 bridgehead atoms. The van der Waals surface area contributed by atoms with E-state index in [-0.39, 0.29) is 0 Å². The Morgan fingerprint density at radius 3 is 2.39 bits per heavy atom. The fourth-order valence-corrected chi connectivity index (χ4v) is 6.24. The van der Waals surface area contributed by atoms with Crippen LogP contribution < -0.4 is 0 Å². The van der Waals surface area contributed by atoms with Gasteiger partial charge in [-0.05, 0) is 61.9 Å². The molecule has 1 aromatic carbocycles. The summed E-state index contributed by atoms with van der Waals surface area (Å²) in [4.78, 5) is 6.96. The maximum Gasteiger partial charge on any atom is 0.191 e. The second-order valence-electron chi connectivity index (χ2n) is 9.64. The molecule has 0 unspecified atom stereocenters. The minimum Gasteiger partial charge on any atom is -0.303 e. The quantitative estimate of drug-likeness (QED) is 0.398. The Hall–Kier alpha value is -2.18. The number of rotatable bonds is 8. The van der Waals surface area contributed by atoms with Gasteiger partial charge < -0.3 is 9.47 Å². The molecule has 1 aliphatic carbocycles. The van der Waals surface area contributed by atoms with E-state index in [4.69, 9.17) is 5.10 Å². The van der Waals surface area contributed by atoms with Gasteiger partial charge in [0, 0.05) is 30.6 Å². The number of hydrogen-bond acceptors (Lipinski definition) is 5. The van der Waals surface area contributed by atoms with Crippen molar-refractivity contribution >= 4 is 11.8 Å². The average Bonchev–Trinajstić information content (AvgIpc) is 3.27. The molecule has 1 saturated carbocycles. The topological polar surface area (TPSA) is 46.8 Å². The van der Waals surface area contributed by atoms with E-state index >= 15 is 0 Å². The fourth-order valence-electron chi connectivity index (χ4n) is 5.36. The molecular weight excluding hydrogens is 426 g/mol. The van der Waals surface area contributed by atoms with Gasteiger partial charge in [-0.3, -0.25) is 4.98 Å². The summed E-state index contributed by atoms with van der Waals surface area (Å²) < 4.78 is 2.37. The Balaban J connectivity index is 1.27. The minimum atomic E-state index is 0.497. The summed E-state index contributed by atoms with van der Waals surface area (Å²) >= 11 is 1.77. The summed E-state index contributed by atoms with van der Waals surface area (Å²) in [5, 5.41) is 10.4. The van der Waals surface area contributed by atoms with Crippen LogP contribution in [0.4, 0.5) is 0 Å². The summed E-state index contributed by atoms with van der Waals surface area (Å²) in [6.07, 6.45) is 13.3. The van der Waals surface area contributed by atoms with E-state index in [2.05, 4.69) is 55.9 Å². The molecule has 2 aliphatic rings. The van der Waals surface area contributed by atoms with Gasteiger partial charge in [-0.25, -0.2) is 0 Å². The number of piperidine rings is 1. The Kier molecular flexibility index (Phi) is 7.74. The van der Waals surface area contributed by atoms with Crippen LogP contribution in [-0.2, 0) is 12.3 Å². The smallest absolute Gasteiger partial charge is 0.191 e. The third-order valence-corrected chi connectivity index (χ3v) is 8.25. The van der Waals surface area contributed by atoms with Crippen molar-refractivity contribution in [1.82, 2.24) is 24.6 Å². The molecule has 3 heterocycles. The molecule has 2 fully saturated rings. The van der Waals surface area contributed by atoms with Crippen molar-refractivity contribution in [2.45, 2.75) is 68.3 Å². The average molecular weight is 462 g/mol. The lowest BCUT2D eigenvalue weighted by molar-refractivity contribution is 0.161. The number of hydrogen-bond donors (Lipinski definition) is 0. The zero-order chi connectivity index (χ0) is 22.3. The number of benzene rings is 1. The van der Waals surface area contributed by atoms with Crippen molar-refractivity contribution in [3.8, 4) is 0 Å². The highest BCUT2D eigenvalue weighted by molar-refractivity contribution is 7.98. The number of pyridine rings is 1. The van der Waals surface area contributed by atoms with Gasteiger partial charge in [0.1, 0.15) is 5.82 Å². The zero-order valence-corrected chi connectivity index (χ0v) is 20.3. The first-order valence-corrected chi connectivity index (χ1v) is 13.5. The summed E-state index contributed by atoms with van der Waals surface area (Å²) in [5.74, 6) is 3.45. The molecule has 0 spiro atoms. The van der Waals surface area contributed by atoms with Crippen molar-refractivity contribution in [2.75, 3.05) is 19.6 Å². The Morgan fingerprint density at radius 1 is 0.848 bits per heavy atom. The fraction of sp³-hybridized carbons (Fsp3) is 0.519. The van der Waals surface area contributed by atoms with E-state index in [1.165, 1.54) is 81.5 Å². The number of aromatic nitrogens is 4. The molecule has 2 aromatic heterocycles. The summed E-state index contributed by atoms with van der Waals surface area (Å²) in [6.45, 7) is 4.52. The highest BCUT2D eigenvalue weighted by atomic mass is 32.2. The highest BCUT2D eigenvalue weighted by Gasteiger charge is 2.28. The van der Waals surface area contributed by atoms with Crippen molar-refractivity contribution in [3.63, 3.8) is 0 Å². The Labute approximate surface area is 202 Å². The second-order valence-corrected chi connectivity index (χ2v) is 10.6. The van der Waals surface area contributed by atoms with E-state index < -0.39 is 0 Å². The molecule has 5 nitrogen and oxygen atoms in total. The van der Waals surface area contributed by atoms with Crippen LogP contribution in [0.5, 0.6) is 0 Å². The molecule has 1 saturated heterocycles. The van der Waals surface area contributed by atoms with Crippen molar-refractivity contribution in [3.05, 3.63) is 71.8 Å². The largest absolute Gasteiger partial charge is 0.303 e. The maximum absolute atomic E-state index is 4.75. The van der Waals surface area contributed by atoms with Gasteiger partial charge in [0.15, 0.2) is 5.16 Å². The standard InChI is InChI=1S/C27H35N5S/c1-3-8-22(9-4-1)19-31-16-13-25(14-17-31)26-29-30-27(33-21-24-12-7-15-28-18-24)32(26)20-23-10-5-2-6-11-23/h2,5-7,10-12,15,18,22,25H,1,3-4,8-9,13-14,16-17,19-21H2. The molecule has 33 heavy (non-hydrogen) atoms. The van der Waals surface area contributed by atoms with Gasteiger partial charge in [-0.2, -0.15) is 0 Å². The van der Waals surface area contributed by atoms with Crippen LogP contribution in [0.2, 0.25) is 0 Å². The predicted octanol–water partition coefficient (Wildman–Crippen LogP) is 5.77. The van der Waals surface area contributed by atoms with Crippen LogP contribution in [0, 0.1) is 5.92 Å². The van der Waals surface area contributed by atoms with Crippen molar-refractivity contribution < 1.29 is 0 Å². The maximum atomic E-state index is 4.75. The van der Waals surface area contributed by atoms with Crippen LogP contribution in [0.3, 0.4) is 0 Å². The van der Waals surface area contributed by atoms with Gasteiger partial charge in [0.25, 0.3) is 0 Å². The molecule has 3 aromatic rings. The third kappa shape index (κ3) is 6.04. The lowest BCUT2D eigenvalue weighted by Crippen LogP contribution is -2.37. The van der Waals surface area contributed by atoms with E-state index in [0.29, 0.717) is 5.92 Å². The number of thioether (sulfide) groups is 1. The molecule has 174 valence electrons. The van der Waals surface area contributed by atoms with Crippen LogP contribution in [-0.4, -0.2) is 44.3 Å². The molecule has 1 aliphatic heterocycles. The Bertz CT molecular complexity index is 976. The SMILES string of the molecule is c1ccc(Cn2c(SCc3cccnc3)nnc2C2CCN(CC3CCCCC3)CC2)cc1. The molecular formula is C27H35N5S. The molecule has 0 radical (unpaired) electrons. The lowest BCUT2D eigenvalue weighted by Gasteiger charge is -2.35. The third-order valence-electron chi connectivity index (χ3n) is 7.21. The summed E-state index contributed by atoms with van der Waals surface area (Å²) in [5.41, 5.74) is 2.52. The molecule has 5 rings (SSSR count). The van der Waals surface area contributed by atoms with E-state index in [1.807, 2.05) is 18.5 Å². The normalized spacial score (nSPS) is 18.5. The first kappa shape index (κ1) is 22.6. The van der Waals surface area contributed by atoms with Crippen LogP contribution in [0.25, 0.3) is 0 Å². The molecule has 0 amide bonds. The predicted molar refractivity (Wildman–Crippen MR) is 134 cm³/mol. The van der Waals surface area contributed by atoms with E-state index in [9.17, 15) is 0 Å². The minimum absolute atomic E-state index is 0.497. The first-order chi connectivity index (χ1) is 16.3. The number of likely N-dealkylation sites (tertiary alicyclic amines) is 1. The van der Waals surface area contributed by atoms with Crippen LogP contribution >= 0.6 is 11.8 Å². The van der Waals surface area contributed by atoms with Crippen molar-refractivity contribution in [2.24, 2.45) is 5.92 Å². The molecule has 6 heteroatoms. The van der Waals surface area contributed by atoms with E-state index in [0.717, 1.165) is 23.4 Å². The first-order valence-electron chi connectivity index (χ1n) is 12.6. The van der Waals surface area contributed by atoms with Crippen LogP contribution in [0.15, 0.2) is 60.0 Å². The zero-order valence-electron chi connectivity index (χ0n) is 19.5. The lowest BCUT2D eigenvalue weighted by atomic mass is 9.88. The van der Waals surface area contributed by atoms with Gasteiger partial charge in [0.05, 0.1) is 6.54 Å². The summed E-state index contributed by atoms with van der Waals surface area (Å²) in [7, 11) is 0. The van der Waals surface area contributed by atoms with Crippen molar-refractivity contribution in [1.29, 1.82) is 0 Å². The highest BCUT2D eigenvalue weighted by Crippen LogP contribution is 2.32. The van der Waals surface area contributed by atoms with Gasteiger partial charge in [-0.1, -0.05) is 67.4 Å². The monoisotopic (exact) mass is 461 g/mol. The second kappa shape index (κ2) is 11.3. The van der Waals surface area contributed by atoms with Gasteiger partial charge >= 0.3 is 0 Å². The van der Waals surface area contributed by atoms with Crippen LogP contribution in [0.1, 0.15) is 67.8 Å². The Morgan fingerprint density at radius 2 is 1.64 bits per heavy atom. The van der Waals surface area contributed by atoms with Gasteiger partial charge in [-0.15, -0.1) is 10.2 Å². The van der Waals surface area contributed by atoms with Gasteiger partial charge in [0.2, 0.25) is 0 Å². The summed E-state index contributed by atoms with van der Waals surface area (Å²) in [6, 6.07) is 14.8. The number of nitrogens with zero attached hydrogens (tertiary/aromatic N) is 5. The molecule has 0 N–H and O–H groups in total. The molecule has 0 atom stereocenters. The van der Waals surface area contributed by atoms with E-state index in [1.54, 1.807) is 11.8 Å².